The molecule has 0 radical (unpaired) electrons. The van der Waals surface area contributed by atoms with Gasteiger partial charge in [0.15, 0.2) is 0 Å². The second-order valence-corrected chi connectivity index (χ2v) is 3.94. The summed E-state index contributed by atoms with van der Waals surface area (Å²) >= 11 is 0. The van der Waals surface area contributed by atoms with Crippen molar-refractivity contribution in [3.63, 3.8) is 0 Å². The van der Waals surface area contributed by atoms with Crippen molar-refractivity contribution < 1.29 is 4.79 Å². The Morgan fingerprint density at radius 1 is 1.35 bits per heavy atom. The van der Waals surface area contributed by atoms with E-state index in [9.17, 15) is 4.79 Å². The SMILES string of the molecule is CNc1cc(NCCC(=O)NC(C)C)ncn1. The Bertz CT molecular complexity index is 367. The van der Waals surface area contributed by atoms with E-state index in [-0.39, 0.29) is 11.9 Å². The van der Waals surface area contributed by atoms with E-state index in [1.54, 1.807) is 13.1 Å². The van der Waals surface area contributed by atoms with E-state index in [1.165, 1.54) is 6.33 Å². The molecule has 6 nitrogen and oxygen atoms in total. The van der Waals surface area contributed by atoms with E-state index in [4.69, 9.17) is 0 Å². The molecule has 1 heterocycles. The van der Waals surface area contributed by atoms with Crippen molar-refractivity contribution in [2.45, 2.75) is 26.3 Å². The van der Waals surface area contributed by atoms with Crippen LogP contribution in [0.15, 0.2) is 12.4 Å². The van der Waals surface area contributed by atoms with E-state index < -0.39 is 0 Å². The van der Waals surface area contributed by atoms with Crippen molar-refractivity contribution >= 4 is 17.5 Å². The lowest BCUT2D eigenvalue weighted by Gasteiger charge is -2.09. The van der Waals surface area contributed by atoms with E-state index in [0.29, 0.717) is 18.8 Å². The molecule has 17 heavy (non-hydrogen) atoms. The van der Waals surface area contributed by atoms with Gasteiger partial charge in [-0.05, 0) is 13.8 Å². The fourth-order valence-corrected chi connectivity index (χ4v) is 1.29. The van der Waals surface area contributed by atoms with Crippen LogP contribution in [0.4, 0.5) is 11.6 Å². The molecule has 0 aliphatic rings. The molecular weight excluding hydrogens is 218 g/mol. The van der Waals surface area contributed by atoms with Gasteiger partial charge in [0.25, 0.3) is 0 Å². The number of carbonyl (C=O) groups is 1. The largest absolute Gasteiger partial charge is 0.373 e. The molecule has 0 spiro atoms. The summed E-state index contributed by atoms with van der Waals surface area (Å²) in [5.74, 6) is 1.49. The van der Waals surface area contributed by atoms with Crippen LogP contribution < -0.4 is 16.0 Å². The first-order valence-corrected chi connectivity index (χ1v) is 5.65. The number of anilines is 2. The maximum absolute atomic E-state index is 11.4. The first kappa shape index (κ1) is 13.2. The third-order valence-electron chi connectivity index (χ3n) is 2.03. The van der Waals surface area contributed by atoms with Gasteiger partial charge in [-0.15, -0.1) is 0 Å². The van der Waals surface area contributed by atoms with Gasteiger partial charge in [0, 0.05) is 32.1 Å². The molecule has 1 rings (SSSR count). The van der Waals surface area contributed by atoms with Crippen molar-refractivity contribution in [3.05, 3.63) is 12.4 Å². The Labute approximate surface area is 101 Å². The van der Waals surface area contributed by atoms with Crippen molar-refractivity contribution in [3.8, 4) is 0 Å². The molecule has 3 N–H and O–H groups in total. The predicted octanol–water partition coefficient (Wildman–Crippen LogP) is 0.845. The second kappa shape index (κ2) is 6.67. The van der Waals surface area contributed by atoms with Crippen LogP contribution in [0.2, 0.25) is 0 Å². The number of hydrogen-bond donors (Lipinski definition) is 3. The molecule has 0 unspecified atom stereocenters. The normalized spacial score (nSPS) is 10.1. The molecule has 0 aromatic carbocycles. The second-order valence-electron chi connectivity index (χ2n) is 3.94. The van der Waals surface area contributed by atoms with Crippen LogP contribution in [-0.4, -0.2) is 35.5 Å². The molecule has 0 aliphatic heterocycles. The van der Waals surface area contributed by atoms with Crippen LogP contribution in [0.25, 0.3) is 0 Å². The maximum Gasteiger partial charge on any atom is 0.221 e. The van der Waals surface area contributed by atoms with Crippen molar-refractivity contribution in [2.75, 3.05) is 24.2 Å². The lowest BCUT2D eigenvalue weighted by molar-refractivity contribution is -0.121. The van der Waals surface area contributed by atoms with Crippen molar-refractivity contribution in [2.24, 2.45) is 0 Å². The maximum atomic E-state index is 11.4. The van der Waals surface area contributed by atoms with Gasteiger partial charge in [-0.25, -0.2) is 9.97 Å². The molecule has 0 saturated heterocycles. The highest BCUT2D eigenvalue weighted by Gasteiger charge is 2.03. The highest BCUT2D eigenvalue weighted by atomic mass is 16.1. The molecule has 0 fully saturated rings. The summed E-state index contributed by atoms with van der Waals surface area (Å²) in [5.41, 5.74) is 0. The smallest absolute Gasteiger partial charge is 0.221 e. The number of carbonyl (C=O) groups excluding carboxylic acids is 1. The van der Waals surface area contributed by atoms with Gasteiger partial charge in [-0.2, -0.15) is 0 Å². The molecule has 0 saturated carbocycles. The van der Waals surface area contributed by atoms with Gasteiger partial charge < -0.3 is 16.0 Å². The first-order chi connectivity index (χ1) is 8.11. The van der Waals surface area contributed by atoms with Gasteiger partial charge >= 0.3 is 0 Å². The van der Waals surface area contributed by atoms with E-state index >= 15 is 0 Å². The Morgan fingerprint density at radius 2 is 2.06 bits per heavy atom. The van der Waals surface area contributed by atoms with Crippen molar-refractivity contribution in [1.29, 1.82) is 0 Å². The minimum absolute atomic E-state index is 0.0374. The molecule has 94 valence electrons. The van der Waals surface area contributed by atoms with E-state index in [0.717, 1.165) is 5.82 Å². The number of nitrogens with one attached hydrogen (secondary N) is 3. The average molecular weight is 237 g/mol. The van der Waals surface area contributed by atoms with Gasteiger partial charge in [0.05, 0.1) is 0 Å². The van der Waals surface area contributed by atoms with Crippen LogP contribution >= 0.6 is 0 Å². The predicted molar refractivity (Wildman–Crippen MR) is 68.0 cm³/mol. The monoisotopic (exact) mass is 237 g/mol. The quantitative estimate of drug-likeness (QED) is 0.683. The number of hydrogen-bond acceptors (Lipinski definition) is 5. The standard InChI is InChI=1S/C11H19N5O/c1-8(2)16-11(17)4-5-13-10-6-9(12-3)14-7-15-10/h6-8H,4-5H2,1-3H3,(H,16,17)(H2,12,13,14,15). The van der Waals surface area contributed by atoms with Crippen LogP contribution in [0, 0.1) is 0 Å². The number of aromatic nitrogens is 2. The summed E-state index contributed by atoms with van der Waals surface area (Å²) in [6.45, 7) is 4.43. The Hall–Kier alpha value is -1.85. The van der Waals surface area contributed by atoms with Gasteiger partial charge in [-0.1, -0.05) is 0 Å². The van der Waals surface area contributed by atoms with Crippen LogP contribution in [0.5, 0.6) is 0 Å². The lowest BCUT2D eigenvalue weighted by Crippen LogP contribution is -2.31. The number of amides is 1. The Morgan fingerprint density at radius 3 is 2.71 bits per heavy atom. The Kier molecular flexibility index (Phi) is 5.19. The molecule has 0 aliphatic carbocycles. The third kappa shape index (κ3) is 5.14. The summed E-state index contributed by atoms with van der Waals surface area (Å²) in [7, 11) is 1.79. The minimum Gasteiger partial charge on any atom is -0.373 e. The summed E-state index contributed by atoms with van der Waals surface area (Å²) in [6.07, 6.45) is 1.90. The summed E-state index contributed by atoms with van der Waals surface area (Å²) in [5, 5.41) is 8.82. The van der Waals surface area contributed by atoms with Crippen molar-refractivity contribution in [1.82, 2.24) is 15.3 Å². The topological polar surface area (TPSA) is 78.9 Å². The summed E-state index contributed by atoms with van der Waals surface area (Å²) in [6, 6.07) is 1.97. The molecular formula is C11H19N5O. The zero-order valence-corrected chi connectivity index (χ0v) is 10.4. The zero-order valence-electron chi connectivity index (χ0n) is 10.4. The third-order valence-corrected chi connectivity index (χ3v) is 2.03. The molecule has 1 amide bonds. The number of nitrogens with zero attached hydrogens (tertiary/aromatic N) is 2. The summed E-state index contributed by atoms with van der Waals surface area (Å²) < 4.78 is 0. The van der Waals surface area contributed by atoms with Crippen LogP contribution in [0.1, 0.15) is 20.3 Å². The highest BCUT2D eigenvalue weighted by Crippen LogP contribution is 2.07. The fraction of sp³-hybridized carbons (Fsp3) is 0.545. The molecule has 1 aromatic rings. The van der Waals surface area contributed by atoms with Crippen LogP contribution in [0.3, 0.4) is 0 Å². The molecule has 0 bridgehead atoms. The van der Waals surface area contributed by atoms with Gasteiger partial charge in [0.1, 0.15) is 18.0 Å². The van der Waals surface area contributed by atoms with E-state index in [1.807, 2.05) is 13.8 Å². The lowest BCUT2D eigenvalue weighted by atomic mass is 10.3. The molecule has 6 heteroatoms. The van der Waals surface area contributed by atoms with E-state index in [2.05, 4.69) is 25.9 Å². The summed E-state index contributed by atoms with van der Waals surface area (Å²) in [4.78, 5) is 19.4. The fourth-order valence-electron chi connectivity index (χ4n) is 1.29. The minimum atomic E-state index is 0.0374. The van der Waals surface area contributed by atoms with Gasteiger partial charge in [-0.3, -0.25) is 4.79 Å². The Balaban J connectivity index is 2.32. The highest BCUT2D eigenvalue weighted by molar-refractivity contribution is 5.76. The first-order valence-electron chi connectivity index (χ1n) is 5.65. The number of rotatable bonds is 6. The van der Waals surface area contributed by atoms with Gasteiger partial charge in [0.2, 0.25) is 5.91 Å². The van der Waals surface area contributed by atoms with Crippen LogP contribution in [-0.2, 0) is 4.79 Å². The molecule has 0 atom stereocenters. The average Bonchev–Trinajstić information content (AvgIpc) is 2.28. The molecule has 1 aromatic heterocycles. The zero-order chi connectivity index (χ0) is 12.7.